The maximum Gasteiger partial charge on any atom is 0.356 e. The Balaban J connectivity index is 1.74. The van der Waals surface area contributed by atoms with Gasteiger partial charge >= 0.3 is 5.97 Å². The quantitative estimate of drug-likeness (QED) is 0.850. The van der Waals surface area contributed by atoms with Crippen LogP contribution in [0.4, 0.5) is 0 Å². The van der Waals surface area contributed by atoms with Gasteiger partial charge in [0.1, 0.15) is 0 Å². The topological polar surface area (TPSA) is 80.0 Å². The monoisotopic (exact) mass is 328 g/mol. The normalized spacial score (nSPS) is 17.0. The van der Waals surface area contributed by atoms with Crippen LogP contribution in [-0.4, -0.2) is 31.9 Å². The average molecular weight is 328 g/mol. The number of carbonyl (C=O) groups is 1. The van der Waals surface area contributed by atoms with Crippen LogP contribution < -0.4 is 5.32 Å². The minimum atomic E-state index is -0.931. The van der Waals surface area contributed by atoms with Gasteiger partial charge in [-0.05, 0) is 37.3 Å². The van der Waals surface area contributed by atoms with Crippen molar-refractivity contribution in [2.45, 2.75) is 52.2 Å². The Morgan fingerprint density at radius 3 is 2.96 bits per heavy atom. The van der Waals surface area contributed by atoms with Crippen molar-refractivity contribution in [3.05, 3.63) is 47.0 Å². The Hall–Kier alpha value is -2.21. The maximum absolute atomic E-state index is 11.6. The fraction of sp³-hybridized carbons (Fsp3) is 0.500. The van der Waals surface area contributed by atoms with Crippen molar-refractivity contribution in [1.82, 2.24) is 20.1 Å². The highest BCUT2D eigenvalue weighted by atomic mass is 16.4. The number of carboxylic acid groups (broad SMARTS) is 1. The number of hydrogen-bond acceptors (Lipinski definition) is 4. The first-order valence-electron chi connectivity index (χ1n) is 8.49. The van der Waals surface area contributed by atoms with Gasteiger partial charge in [-0.25, -0.2) is 4.79 Å². The van der Waals surface area contributed by atoms with E-state index >= 15 is 0 Å². The van der Waals surface area contributed by atoms with Crippen LogP contribution in [0.15, 0.2) is 24.4 Å². The number of nitrogens with one attached hydrogen (secondary N) is 1. The highest BCUT2D eigenvalue weighted by molar-refractivity contribution is 5.87. The second-order valence-corrected chi connectivity index (χ2v) is 6.80. The molecule has 2 aromatic rings. The summed E-state index contributed by atoms with van der Waals surface area (Å²) in [5.74, 6) is -0.491. The molecular weight excluding hydrogens is 304 g/mol. The third-order valence-electron chi connectivity index (χ3n) is 4.39. The summed E-state index contributed by atoms with van der Waals surface area (Å²) >= 11 is 0. The molecule has 2 heterocycles. The Labute approximate surface area is 141 Å². The van der Waals surface area contributed by atoms with Gasteiger partial charge in [-0.15, -0.1) is 0 Å². The maximum atomic E-state index is 11.6. The molecule has 1 atom stereocenters. The van der Waals surface area contributed by atoms with Crippen LogP contribution >= 0.6 is 0 Å². The zero-order chi connectivity index (χ0) is 17.1. The first-order chi connectivity index (χ1) is 11.5. The van der Waals surface area contributed by atoms with E-state index in [0.29, 0.717) is 18.9 Å². The van der Waals surface area contributed by atoms with Crippen LogP contribution in [0.25, 0.3) is 0 Å². The fourth-order valence-corrected chi connectivity index (χ4v) is 3.28. The molecular formula is C18H24N4O2. The average Bonchev–Trinajstić information content (AvgIpc) is 2.91. The fourth-order valence-electron chi connectivity index (χ4n) is 3.28. The van der Waals surface area contributed by atoms with Gasteiger partial charge in [0.15, 0.2) is 5.69 Å². The highest BCUT2D eigenvalue weighted by Crippen LogP contribution is 2.26. The molecule has 0 amide bonds. The molecule has 24 heavy (non-hydrogen) atoms. The number of nitrogens with zero attached hydrogens (tertiary/aromatic N) is 3. The Morgan fingerprint density at radius 2 is 2.29 bits per heavy atom. The molecule has 6 heteroatoms. The smallest absolute Gasteiger partial charge is 0.356 e. The third-order valence-corrected chi connectivity index (χ3v) is 4.39. The molecule has 1 aliphatic carbocycles. The Kier molecular flexibility index (Phi) is 4.94. The Bertz CT molecular complexity index is 709. The molecule has 3 rings (SSSR count). The molecule has 0 saturated carbocycles. The number of hydrogen-bond donors (Lipinski definition) is 2. The largest absolute Gasteiger partial charge is 0.476 e. The number of carboxylic acids is 1. The van der Waals surface area contributed by atoms with E-state index in [2.05, 4.69) is 29.2 Å². The van der Waals surface area contributed by atoms with E-state index in [1.165, 1.54) is 0 Å². The van der Waals surface area contributed by atoms with E-state index in [1.54, 1.807) is 6.20 Å². The summed E-state index contributed by atoms with van der Waals surface area (Å²) in [6.45, 7) is 5.70. The van der Waals surface area contributed by atoms with Gasteiger partial charge in [-0.2, -0.15) is 5.10 Å². The molecule has 6 nitrogen and oxygen atoms in total. The predicted octanol–water partition coefficient (Wildman–Crippen LogP) is 2.28. The van der Waals surface area contributed by atoms with E-state index in [0.717, 1.165) is 36.3 Å². The van der Waals surface area contributed by atoms with Gasteiger partial charge in [-0.1, -0.05) is 19.9 Å². The van der Waals surface area contributed by atoms with Crippen LogP contribution in [0, 0.1) is 5.92 Å². The summed E-state index contributed by atoms with van der Waals surface area (Å²) in [4.78, 5) is 15.9. The van der Waals surface area contributed by atoms with Gasteiger partial charge in [0, 0.05) is 36.6 Å². The van der Waals surface area contributed by atoms with E-state index in [4.69, 9.17) is 0 Å². The van der Waals surface area contributed by atoms with Crippen molar-refractivity contribution >= 4 is 5.97 Å². The first kappa shape index (κ1) is 16.6. The Morgan fingerprint density at radius 1 is 1.46 bits per heavy atom. The van der Waals surface area contributed by atoms with E-state index < -0.39 is 5.97 Å². The van der Waals surface area contributed by atoms with Gasteiger partial charge < -0.3 is 10.4 Å². The van der Waals surface area contributed by atoms with Crippen LogP contribution in [0.1, 0.15) is 47.7 Å². The molecule has 0 radical (unpaired) electrons. The van der Waals surface area contributed by atoms with Crippen LogP contribution in [0.5, 0.6) is 0 Å². The van der Waals surface area contributed by atoms with Crippen molar-refractivity contribution in [2.75, 3.05) is 0 Å². The number of rotatable bonds is 6. The third kappa shape index (κ3) is 3.64. The zero-order valence-electron chi connectivity index (χ0n) is 14.2. The van der Waals surface area contributed by atoms with E-state index in [9.17, 15) is 9.90 Å². The lowest BCUT2D eigenvalue weighted by atomic mass is 9.91. The van der Waals surface area contributed by atoms with Crippen molar-refractivity contribution < 1.29 is 9.90 Å². The lowest BCUT2D eigenvalue weighted by Gasteiger charge is -2.24. The lowest BCUT2D eigenvalue weighted by molar-refractivity contribution is 0.0688. The van der Waals surface area contributed by atoms with Gasteiger partial charge in [-0.3, -0.25) is 9.67 Å². The predicted molar refractivity (Wildman–Crippen MR) is 90.9 cm³/mol. The summed E-state index contributed by atoms with van der Waals surface area (Å²) in [6.07, 6.45) is 4.35. The second-order valence-electron chi connectivity index (χ2n) is 6.80. The van der Waals surface area contributed by atoms with Crippen LogP contribution in [0.2, 0.25) is 0 Å². The molecule has 2 N–H and O–H groups in total. The van der Waals surface area contributed by atoms with Gasteiger partial charge in [0.25, 0.3) is 0 Å². The molecule has 128 valence electrons. The molecule has 1 aliphatic rings. The SMILES string of the molecule is CC(C)Cn1nc(C(=O)O)c2c1CC[C@@H](NCc1ccccn1)C2. The first-order valence-corrected chi connectivity index (χ1v) is 8.49. The minimum Gasteiger partial charge on any atom is -0.476 e. The van der Waals surface area contributed by atoms with E-state index in [-0.39, 0.29) is 11.7 Å². The van der Waals surface area contributed by atoms with Gasteiger partial charge in [0.2, 0.25) is 0 Å². The second kappa shape index (κ2) is 7.13. The zero-order valence-corrected chi connectivity index (χ0v) is 14.2. The number of fused-ring (bicyclic) bond motifs is 1. The standard InChI is InChI=1S/C18H24N4O2/c1-12(2)11-22-16-7-6-13(9-15(16)17(21-22)18(23)24)20-10-14-5-3-4-8-19-14/h3-5,8,12-13,20H,6-7,9-11H2,1-2H3,(H,23,24)/t13-/m1/s1. The minimum absolute atomic E-state index is 0.218. The summed E-state index contributed by atoms with van der Waals surface area (Å²) < 4.78 is 1.90. The van der Waals surface area contributed by atoms with Crippen molar-refractivity contribution in [1.29, 1.82) is 0 Å². The number of pyridine rings is 1. The van der Waals surface area contributed by atoms with Crippen LogP contribution in [0.3, 0.4) is 0 Å². The molecule has 0 fully saturated rings. The summed E-state index contributed by atoms with van der Waals surface area (Å²) in [7, 11) is 0. The molecule has 2 aromatic heterocycles. The highest BCUT2D eigenvalue weighted by Gasteiger charge is 2.29. The number of aromatic carboxylic acids is 1. The molecule has 0 bridgehead atoms. The molecule has 0 spiro atoms. The summed E-state index contributed by atoms with van der Waals surface area (Å²) in [5, 5.41) is 17.3. The molecule has 0 aromatic carbocycles. The van der Waals surface area contributed by atoms with Crippen molar-refractivity contribution in [2.24, 2.45) is 5.92 Å². The van der Waals surface area contributed by atoms with Crippen molar-refractivity contribution in [3.8, 4) is 0 Å². The lowest BCUT2D eigenvalue weighted by Crippen LogP contribution is -2.35. The number of aromatic nitrogens is 3. The molecule has 0 unspecified atom stereocenters. The van der Waals surface area contributed by atoms with Gasteiger partial charge in [0.05, 0.1) is 5.69 Å². The van der Waals surface area contributed by atoms with Crippen molar-refractivity contribution in [3.63, 3.8) is 0 Å². The molecule has 0 aliphatic heterocycles. The van der Waals surface area contributed by atoms with Crippen LogP contribution in [-0.2, 0) is 25.9 Å². The van der Waals surface area contributed by atoms with E-state index in [1.807, 2.05) is 22.9 Å². The molecule has 0 saturated heterocycles. The summed E-state index contributed by atoms with van der Waals surface area (Å²) in [6, 6.07) is 6.12. The summed E-state index contributed by atoms with van der Waals surface area (Å²) in [5.41, 5.74) is 3.21.